The Kier molecular flexibility index (Phi) is 5.58. The normalized spacial score (nSPS) is 18.8. The highest BCUT2D eigenvalue weighted by molar-refractivity contribution is 7.98. The van der Waals surface area contributed by atoms with Crippen LogP contribution < -0.4 is 0 Å². The molecule has 1 aliphatic rings. The van der Waals surface area contributed by atoms with Crippen LogP contribution in [0.15, 0.2) is 24.3 Å². The van der Waals surface area contributed by atoms with Gasteiger partial charge in [-0.1, -0.05) is 43.5 Å². The van der Waals surface area contributed by atoms with Crippen LogP contribution in [0.3, 0.4) is 0 Å². The molecular formula is C16H24OS. The lowest BCUT2D eigenvalue weighted by Gasteiger charge is -2.22. The molecule has 0 bridgehead atoms. The number of aliphatic hydroxyl groups is 1. The molecule has 1 aliphatic carbocycles. The topological polar surface area (TPSA) is 20.2 Å². The molecule has 1 nitrogen and oxygen atoms in total. The van der Waals surface area contributed by atoms with E-state index in [2.05, 4.69) is 30.5 Å². The van der Waals surface area contributed by atoms with Crippen molar-refractivity contribution in [3.63, 3.8) is 0 Å². The minimum Gasteiger partial charge on any atom is -0.388 e. The van der Waals surface area contributed by atoms with E-state index < -0.39 is 0 Å². The Bertz CT molecular complexity index is 341. The Morgan fingerprint density at radius 1 is 1.17 bits per heavy atom. The zero-order valence-corrected chi connectivity index (χ0v) is 12.1. The molecule has 0 radical (unpaired) electrons. The summed E-state index contributed by atoms with van der Waals surface area (Å²) in [6, 6.07) is 8.70. The smallest absolute Gasteiger partial charge is 0.0797 e. The van der Waals surface area contributed by atoms with Gasteiger partial charge >= 0.3 is 0 Å². The highest BCUT2D eigenvalue weighted by Gasteiger charge is 2.15. The molecule has 18 heavy (non-hydrogen) atoms. The van der Waals surface area contributed by atoms with Crippen LogP contribution in [0, 0.1) is 0 Å². The molecule has 1 atom stereocenters. The van der Waals surface area contributed by atoms with Crippen molar-refractivity contribution in [1.82, 2.24) is 0 Å². The van der Waals surface area contributed by atoms with Crippen molar-refractivity contribution in [3.05, 3.63) is 35.4 Å². The summed E-state index contributed by atoms with van der Waals surface area (Å²) < 4.78 is 0. The van der Waals surface area contributed by atoms with Gasteiger partial charge in [0, 0.05) is 0 Å². The van der Waals surface area contributed by atoms with E-state index >= 15 is 0 Å². The standard InChI is InChI=1S/C16H24OS/c1-18-12-11-16(17)15-9-7-14(8-10-15)13-5-3-2-4-6-13/h7-10,13,16-17H,2-6,11-12H2,1H3. The van der Waals surface area contributed by atoms with Crippen molar-refractivity contribution in [2.75, 3.05) is 12.0 Å². The highest BCUT2D eigenvalue weighted by Crippen LogP contribution is 2.33. The first kappa shape index (κ1) is 14.0. The summed E-state index contributed by atoms with van der Waals surface area (Å²) in [6.07, 6.45) is 9.48. The Morgan fingerprint density at radius 3 is 2.44 bits per heavy atom. The summed E-state index contributed by atoms with van der Waals surface area (Å²) in [5.41, 5.74) is 2.54. The third-order valence-electron chi connectivity index (χ3n) is 3.99. The number of hydrogen-bond acceptors (Lipinski definition) is 2. The Hall–Kier alpha value is -0.470. The quantitative estimate of drug-likeness (QED) is 0.843. The summed E-state index contributed by atoms with van der Waals surface area (Å²) in [7, 11) is 0. The van der Waals surface area contributed by atoms with Gasteiger partial charge in [-0.05, 0) is 48.3 Å². The number of thioether (sulfide) groups is 1. The van der Waals surface area contributed by atoms with Gasteiger partial charge in [0.1, 0.15) is 0 Å². The second-order valence-corrected chi connectivity index (χ2v) is 6.28. The van der Waals surface area contributed by atoms with E-state index in [-0.39, 0.29) is 6.10 Å². The minimum atomic E-state index is -0.294. The van der Waals surface area contributed by atoms with Crippen molar-refractivity contribution < 1.29 is 5.11 Å². The summed E-state index contributed by atoms with van der Waals surface area (Å²) >= 11 is 1.79. The van der Waals surface area contributed by atoms with Crippen molar-refractivity contribution in [2.45, 2.75) is 50.5 Å². The fourth-order valence-electron chi connectivity index (χ4n) is 2.82. The Labute approximate surface area is 115 Å². The van der Waals surface area contributed by atoms with Gasteiger partial charge in [0.05, 0.1) is 6.10 Å². The fraction of sp³-hybridized carbons (Fsp3) is 0.625. The lowest BCUT2D eigenvalue weighted by molar-refractivity contribution is 0.175. The maximum absolute atomic E-state index is 10.0. The largest absolute Gasteiger partial charge is 0.388 e. The first-order valence-electron chi connectivity index (χ1n) is 7.08. The van der Waals surface area contributed by atoms with E-state index in [9.17, 15) is 5.11 Å². The number of hydrogen-bond donors (Lipinski definition) is 1. The van der Waals surface area contributed by atoms with Crippen molar-refractivity contribution >= 4 is 11.8 Å². The molecule has 1 N–H and O–H groups in total. The van der Waals surface area contributed by atoms with Crippen molar-refractivity contribution in [2.24, 2.45) is 0 Å². The second-order valence-electron chi connectivity index (χ2n) is 5.30. The monoisotopic (exact) mass is 264 g/mol. The summed E-state index contributed by atoms with van der Waals surface area (Å²) in [5.74, 6) is 1.78. The van der Waals surface area contributed by atoms with Crippen LogP contribution in [0.25, 0.3) is 0 Å². The van der Waals surface area contributed by atoms with Crippen LogP contribution in [0.5, 0.6) is 0 Å². The Balaban J connectivity index is 1.95. The lowest BCUT2D eigenvalue weighted by atomic mass is 9.84. The van der Waals surface area contributed by atoms with Crippen LogP contribution in [-0.2, 0) is 0 Å². The van der Waals surface area contributed by atoms with Gasteiger partial charge in [0.25, 0.3) is 0 Å². The predicted molar refractivity (Wildman–Crippen MR) is 80.2 cm³/mol. The van der Waals surface area contributed by atoms with Gasteiger partial charge < -0.3 is 5.11 Å². The van der Waals surface area contributed by atoms with Crippen molar-refractivity contribution in [3.8, 4) is 0 Å². The van der Waals surface area contributed by atoms with Crippen LogP contribution in [0.4, 0.5) is 0 Å². The van der Waals surface area contributed by atoms with Crippen LogP contribution >= 0.6 is 11.8 Å². The van der Waals surface area contributed by atoms with E-state index in [0.29, 0.717) is 0 Å². The van der Waals surface area contributed by atoms with Gasteiger partial charge in [-0.25, -0.2) is 0 Å². The minimum absolute atomic E-state index is 0.294. The third-order valence-corrected chi connectivity index (χ3v) is 4.64. The maximum atomic E-state index is 10.0. The van der Waals surface area contributed by atoms with Gasteiger partial charge in [-0.2, -0.15) is 11.8 Å². The molecule has 0 heterocycles. The molecule has 1 aromatic carbocycles. The lowest BCUT2D eigenvalue weighted by Crippen LogP contribution is -2.05. The van der Waals surface area contributed by atoms with Gasteiger partial charge in [0.2, 0.25) is 0 Å². The number of benzene rings is 1. The predicted octanol–water partition coefficient (Wildman–Crippen LogP) is 4.52. The molecule has 0 aromatic heterocycles. The maximum Gasteiger partial charge on any atom is 0.0797 e. The van der Waals surface area contributed by atoms with Crippen LogP contribution in [0.2, 0.25) is 0 Å². The van der Waals surface area contributed by atoms with E-state index in [4.69, 9.17) is 0 Å². The van der Waals surface area contributed by atoms with E-state index in [0.717, 1.165) is 23.7 Å². The molecule has 0 spiro atoms. The average molecular weight is 264 g/mol. The SMILES string of the molecule is CSCCC(O)c1ccc(C2CCCCC2)cc1. The molecule has 1 fully saturated rings. The van der Waals surface area contributed by atoms with Gasteiger partial charge in [-0.3, -0.25) is 0 Å². The van der Waals surface area contributed by atoms with Crippen molar-refractivity contribution in [1.29, 1.82) is 0 Å². The molecule has 2 heteroatoms. The molecule has 0 aliphatic heterocycles. The van der Waals surface area contributed by atoms with E-state index in [1.165, 1.54) is 37.7 Å². The summed E-state index contributed by atoms with van der Waals surface area (Å²) in [4.78, 5) is 0. The molecule has 1 aromatic rings. The van der Waals surface area contributed by atoms with Gasteiger partial charge in [0.15, 0.2) is 0 Å². The zero-order chi connectivity index (χ0) is 12.8. The van der Waals surface area contributed by atoms with Crippen LogP contribution in [-0.4, -0.2) is 17.1 Å². The zero-order valence-electron chi connectivity index (χ0n) is 11.3. The van der Waals surface area contributed by atoms with E-state index in [1.54, 1.807) is 11.8 Å². The second kappa shape index (κ2) is 7.20. The molecule has 0 amide bonds. The number of aliphatic hydroxyl groups excluding tert-OH is 1. The molecular weight excluding hydrogens is 240 g/mol. The third kappa shape index (κ3) is 3.76. The van der Waals surface area contributed by atoms with Crippen LogP contribution in [0.1, 0.15) is 61.7 Å². The molecule has 1 unspecified atom stereocenters. The summed E-state index contributed by atoms with van der Waals surface area (Å²) in [5, 5.41) is 10.0. The number of rotatable bonds is 5. The highest BCUT2D eigenvalue weighted by atomic mass is 32.2. The van der Waals surface area contributed by atoms with Gasteiger partial charge in [-0.15, -0.1) is 0 Å². The van der Waals surface area contributed by atoms with E-state index in [1.807, 2.05) is 0 Å². The molecule has 0 saturated heterocycles. The molecule has 100 valence electrons. The first-order valence-corrected chi connectivity index (χ1v) is 8.47. The Morgan fingerprint density at radius 2 is 1.83 bits per heavy atom. The fourth-order valence-corrected chi connectivity index (χ4v) is 3.28. The molecule has 2 rings (SSSR count). The first-order chi connectivity index (χ1) is 8.81. The average Bonchev–Trinajstić information content (AvgIpc) is 2.46. The summed E-state index contributed by atoms with van der Waals surface area (Å²) in [6.45, 7) is 0. The molecule has 1 saturated carbocycles.